The van der Waals surface area contributed by atoms with Crippen LogP contribution in [0.2, 0.25) is 0 Å². The average molecular weight is 259 g/mol. The van der Waals surface area contributed by atoms with E-state index < -0.39 is 11.7 Å². The van der Waals surface area contributed by atoms with E-state index in [1.54, 1.807) is 6.07 Å². The van der Waals surface area contributed by atoms with Gasteiger partial charge in [0.15, 0.2) is 5.96 Å². The van der Waals surface area contributed by atoms with Gasteiger partial charge < -0.3 is 11.1 Å². The number of aliphatic imine (C=N–C) groups is 1. The van der Waals surface area contributed by atoms with Gasteiger partial charge in [0.1, 0.15) is 0 Å². The summed E-state index contributed by atoms with van der Waals surface area (Å²) in [5, 5.41) is 2.85. The Hall–Kier alpha value is -1.72. The molecule has 0 spiro atoms. The lowest BCUT2D eigenvalue weighted by atomic mass is 10.1. The van der Waals surface area contributed by atoms with Crippen molar-refractivity contribution in [1.82, 2.24) is 5.32 Å². The maximum Gasteiger partial charge on any atom is 0.416 e. The molecule has 1 rings (SSSR count). The summed E-state index contributed by atoms with van der Waals surface area (Å²) in [5.74, 6) is 0.245. The Balaban J connectivity index is 2.68. The van der Waals surface area contributed by atoms with Gasteiger partial charge in [0.2, 0.25) is 0 Å². The lowest BCUT2D eigenvalue weighted by Gasteiger charge is -2.08. The van der Waals surface area contributed by atoms with E-state index in [-0.39, 0.29) is 12.5 Å². The highest BCUT2D eigenvalue weighted by molar-refractivity contribution is 5.77. The van der Waals surface area contributed by atoms with E-state index in [4.69, 9.17) is 5.73 Å². The van der Waals surface area contributed by atoms with Gasteiger partial charge in [-0.25, -0.2) is 4.99 Å². The van der Waals surface area contributed by atoms with Gasteiger partial charge in [-0.15, -0.1) is 0 Å². The normalized spacial score (nSPS) is 12.6. The van der Waals surface area contributed by atoms with Crippen molar-refractivity contribution >= 4 is 5.96 Å². The highest BCUT2D eigenvalue weighted by Gasteiger charge is 2.30. The molecule has 0 amide bonds. The first-order valence-corrected chi connectivity index (χ1v) is 5.63. The summed E-state index contributed by atoms with van der Waals surface area (Å²) in [6.07, 6.45) is -3.43. The van der Waals surface area contributed by atoms with Gasteiger partial charge in [-0.2, -0.15) is 13.2 Å². The number of guanidine groups is 1. The zero-order valence-corrected chi connectivity index (χ0v) is 10.1. The summed E-state index contributed by atoms with van der Waals surface area (Å²) < 4.78 is 37.4. The van der Waals surface area contributed by atoms with E-state index in [1.165, 1.54) is 6.07 Å². The second-order valence-corrected chi connectivity index (χ2v) is 3.83. The van der Waals surface area contributed by atoms with Crippen LogP contribution in [0.5, 0.6) is 0 Å². The molecule has 3 nitrogen and oxygen atoms in total. The number of hydrogen-bond donors (Lipinski definition) is 2. The fourth-order valence-electron chi connectivity index (χ4n) is 1.33. The molecule has 0 atom stereocenters. The minimum atomic E-state index is -4.33. The van der Waals surface area contributed by atoms with Crippen LogP contribution in [-0.2, 0) is 12.7 Å². The van der Waals surface area contributed by atoms with Gasteiger partial charge in [-0.05, 0) is 24.1 Å². The zero-order chi connectivity index (χ0) is 13.6. The largest absolute Gasteiger partial charge is 0.416 e. The smallest absolute Gasteiger partial charge is 0.370 e. The van der Waals surface area contributed by atoms with Crippen LogP contribution >= 0.6 is 0 Å². The van der Waals surface area contributed by atoms with Gasteiger partial charge >= 0.3 is 6.18 Å². The average Bonchev–Trinajstić information content (AvgIpc) is 2.33. The molecule has 3 N–H and O–H groups in total. The van der Waals surface area contributed by atoms with Crippen molar-refractivity contribution in [2.45, 2.75) is 26.1 Å². The molecule has 0 saturated heterocycles. The predicted molar refractivity (Wildman–Crippen MR) is 65.1 cm³/mol. The maximum atomic E-state index is 12.5. The molecule has 0 aliphatic heterocycles. The summed E-state index contributed by atoms with van der Waals surface area (Å²) in [4.78, 5) is 3.97. The van der Waals surface area contributed by atoms with E-state index in [1.807, 2.05) is 6.92 Å². The molecule has 0 radical (unpaired) electrons. The van der Waals surface area contributed by atoms with E-state index in [2.05, 4.69) is 10.3 Å². The SMILES string of the molecule is CCCNC(N)=NCc1cccc(C(F)(F)F)c1. The van der Waals surface area contributed by atoms with Crippen LogP contribution in [-0.4, -0.2) is 12.5 Å². The number of rotatable bonds is 4. The van der Waals surface area contributed by atoms with Crippen molar-refractivity contribution in [3.63, 3.8) is 0 Å². The fraction of sp³-hybridized carbons (Fsp3) is 0.417. The summed E-state index contributed by atoms with van der Waals surface area (Å²) in [6.45, 7) is 2.80. The van der Waals surface area contributed by atoms with Crippen LogP contribution in [0.1, 0.15) is 24.5 Å². The number of hydrogen-bond acceptors (Lipinski definition) is 1. The van der Waals surface area contributed by atoms with Crippen LogP contribution < -0.4 is 11.1 Å². The first-order valence-electron chi connectivity index (χ1n) is 5.63. The summed E-state index contributed by atoms with van der Waals surface area (Å²) in [6, 6.07) is 5.07. The summed E-state index contributed by atoms with van der Waals surface area (Å²) in [7, 11) is 0. The van der Waals surface area contributed by atoms with Crippen LogP contribution in [0.15, 0.2) is 29.3 Å². The lowest BCUT2D eigenvalue weighted by molar-refractivity contribution is -0.137. The molecule has 0 aromatic heterocycles. The molecule has 0 bridgehead atoms. The molecule has 0 fully saturated rings. The molecule has 0 saturated carbocycles. The minimum Gasteiger partial charge on any atom is -0.370 e. The molecule has 6 heteroatoms. The monoisotopic (exact) mass is 259 g/mol. The molecule has 100 valence electrons. The van der Waals surface area contributed by atoms with Gasteiger partial charge in [0.05, 0.1) is 12.1 Å². The molecule has 18 heavy (non-hydrogen) atoms. The first-order chi connectivity index (χ1) is 8.43. The number of nitrogens with one attached hydrogen (secondary N) is 1. The molecule has 0 unspecified atom stereocenters. The van der Waals surface area contributed by atoms with E-state index >= 15 is 0 Å². The van der Waals surface area contributed by atoms with E-state index in [0.29, 0.717) is 12.1 Å². The minimum absolute atomic E-state index is 0.131. The molecule has 0 aliphatic carbocycles. The van der Waals surface area contributed by atoms with Gasteiger partial charge in [0, 0.05) is 6.54 Å². The van der Waals surface area contributed by atoms with Crippen LogP contribution in [0.25, 0.3) is 0 Å². The lowest BCUT2D eigenvalue weighted by Crippen LogP contribution is -2.32. The van der Waals surface area contributed by atoms with E-state index in [9.17, 15) is 13.2 Å². The second-order valence-electron chi connectivity index (χ2n) is 3.83. The highest BCUT2D eigenvalue weighted by Crippen LogP contribution is 2.29. The standard InChI is InChI=1S/C12H16F3N3/c1-2-6-17-11(16)18-8-9-4-3-5-10(7-9)12(13,14)15/h3-5,7H,2,6,8H2,1H3,(H3,16,17,18). The Morgan fingerprint density at radius 3 is 2.72 bits per heavy atom. The van der Waals surface area contributed by atoms with Crippen molar-refractivity contribution in [2.24, 2.45) is 10.7 Å². The van der Waals surface area contributed by atoms with Gasteiger partial charge in [-0.1, -0.05) is 19.1 Å². The Morgan fingerprint density at radius 2 is 2.11 bits per heavy atom. The van der Waals surface area contributed by atoms with Crippen molar-refractivity contribution in [1.29, 1.82) is 0 Å². The Labute approximate surface area is 104 Å². The number of alkyl halides is 3. The molecule has 1 aromatic carbocycles. The molecular weight excluding hydrogens is 243 g/mol. The third-order valence-electron chi connectivity index (χ3n) is 2.24. The van der Waals surface area contributed by atoms with Crippen molar-refractivity contribution < 1.29 is 13.2 Å². The predicted octanol–water partition coefficient (Wildman–Crippen LogP) is 2.52. The summed E-state index contributed by atoms with van der Waals surface area (Å²) in [5.41, 5.74) is 5.35. The molecule has 0 heterocycles. The molecule has 0 aliphatic rings. The number of nitrogens with two attached hydrogens (primary N) is 1. The maximum absolute atomic E-state index is 12.5. The van der Waals surface area contributed by atoms with Crippen LogP contribution in [0.3, 0.4) is 0 Å². The van der Waals surface area contributed by atoms with Crippen LogP contribution in [0, 0.1) is 0 Å². The Morgan fingerprint density at radius 1 is 1.39 bits per heavy atom. The van der Waals surface area contributed by atoms with Crippen molar-refractivity contribution in [3.05, 3.63) is 35.4 Å². The summed E-state index contributed by atoms with van der Waals surface area (Å²) >= 11 is 0. The first kappa shape index (κ1) is 14.3. The Bertz CT molecular complexity index is 413. The fourth-order valence-corrected chi connectivity index (χ4v) is 1.33. The number of halogens is 3. The van der Waals surface area contributed by atoms with Crippen molar-refractivity contribution in [2.75, 3.05) is 6.54 Å². The Kier molecular flexibility index (Phi) is 5.00. The molecular formula is C12H16F3N3. The number of benzene rings is 1. The molecule has 1 aromatic rings. The number of nitrogens with zero attached hydrogens (tertiary/aromatic N) is 1. The second kappa shape index (κ2) is 6.28. The third-order valence-corrected chi connectivity index (χ3v) is 2.24. The highest BCUT2D eigenvalue weighted by atomic mass is 19.4. The topological polar surface area (TPSA) is 50.4 Å². The van der Waals surface area contributed by atoms with Gasteiger partial charge in [-0.3, -0.25) is 0 Å². The van der Waals surface area contributed by atoms with Crippen LogP contribution in [0.4, 0.5) is 13.2 Å². The zero-order valence-electron chi connectivity index (χ0n) is 10.1. The quantitative estimate of drug-likeness (QED) is 0.645. The third kappa shape index (κ3) is 4.65. The van der Waals surface area contributed by atoms with E-state index in [0.717, 1.165) is 18.6 Å². The van der Waals surface area contributed by atoms with Crippen molar-refractivity contribution in [3.8, 4) is 0 Å². The van der Waals surface area contributed by atoms with Gasteiger partial charge in [0.25, 0.3) is 0 Å².